The quantitative estimate of drug-likeness (QED) is 0.797. The molecule has 2 N–H and O–H groups in total. The Bertz CT molecular complexity index is 576. The van der Waals surface area contributed by atoms with E-state index in [1.807, 2.05) is 43.9 Å². The van der Waals surface area contributed by atoms with Gasteiger partial charge in [0.1, 0.15) is 0 Å². The van der Waals surface area contributed by atoms with Crippen LogP contribution in [0.4, 0.5) is 0 Å². The lowest BCUT2D eigenvalue weighted by atomic mass is 10.0. The smallest absolute Gasteiger partial charge is 0.255 e. The molecule has 4 nitrogen and oxygen atoms in total. The largest absolute Gasteiger partial charge is 0.372 e. The highest BCUT2D eigenvalue weighted by Crippen LogP contribution is 2.17. The molecule has 21 heavy (non-hydrogen) atoms. The number of ether oxygens (including phenoxy) is 1. The van der Waals surface area contributed by atoms with Crippen LogP contribution in [0.25, 0.3) is 0 Å². The molecule has 1 heterocycles. The average Bonchev–Trinajstić information content (AvgIpc) is 2.43. The number of amides is 1. The highest BCUT2D eigenvalue weighted by atomic mass is 16.5. The molecule has 2 atom stereocenters. The van der Waals surface area contributed by atoms with E-state index < -0.39 is 0 Å². The van der Waals surface area contributed by atoms with Gasteiger partial charge in [0.05, 0.1) is 24.3 Å². The summed E-state index contributed by atoms with van der Waals surface area (Å²) in [7, 11) is 0. The summed E-state index contributed by atoms with van der Waals surface area (Å²) in [5.41, 5.74) is 7.90. The topological polar surface area (TPSA) is 55.6 Å². The van der Waals surface area contributed by atoms with E-state index in [1.54, 1.807) is 0 Å². The first kappa shape index (κ1) is 15.6. The molecular weight excluding hydrogens is 264 g/mol. The lowest BCUT2D eigenvalue weighted by molar-refractivity contribution is -0.0586. The monoisotopic (exact) mass is 286 g/mol. The fraction of sp³-hybridized carbons (Fsp3) is 0.471. The van der Waals surface area contributed by atoms with Crippen LogP contribution >= 0.6 is 0 Å². The number of nitrogens with zero attached hydrogens (tertiary/aromatic N) is 1. The Morgan fingerprint density at radius 3 is 2.67 bits per heavy atom. The van der Waals surface area contributed by atoms with Gasteiger partial charge in [0.2, 0.25) is 0 Å². The number of hydrogen-bond donors (Lipinski definition) is 1. The summed E-state index contributed by atoms with van der Waals surface area (Å²) in [6.07, 6.45) is 0.114. The molecule has 0 aromatic heterocycles. The molecule has 1 saturated heterocycles. The van der Waals surface area contributed by atoms with Crippen molar-refractivity contribution in [2.75, 3.05) is 19.6 Å². The molecule has 112 valence electrons. The van der Waals surface area contributed by atoms with Crippen molar-refractivity contribution in [2.24, 2.45) is 5.73 Å². The molecule has 4 heteroatoms. The molecule has 1 aromatic rings. The van der Waals surface area contributed by atoms with Gasteiger partial charge in [-0.25, -0.2) is 0 Å². The van der Waals surface area contributed by atoms with Crippen molar-refractivity contribution in [3.8, 4) is 11.8 Å². The van der Waals surface area contributed by atoms with Crippen LogP contribution in [-0.2, 0) is 4.74 Å². The third kappa shape index (κ3) is 3.84. The predicted molar refractivity (Wildman–Crippen MR) is 83.0 cm³/mol. The minimum atomic E-state index is 0.0123. The molecule has 0 unspecified atom stereocenters. The van der Waals surface area contributed by atoms with Gasteiger partial charge in [0, 0.05) is 18.7 Å². The maximum atomic E-state index is 12.8. The Kier molecular flexibility index (Phi) is 5.00. The number of carbonyl (C=O) groups is 1. The Labute approximate surface area is 126 Å². The molecule has 0 bridgehead atoms. The first-order chi connectivity index (χ1) is 10.0. The second-order valence-corrected chi connectivity index (χ2v) is 5.52. The van der Waals surface area contributed by atoms with Crippen molar-refractivity contribution in [2.45, 2.75) is 33.0 Å². The summed E-state index contributed by atoms with van der Waals surface area (Å²) in [5, 5.41) is 0. The number of nitrogens with two attached hydrogens (primary N) is 1. The Balaban J connectivity index is 2.30. The number of rotatable bonds is 1. The number of carbonyl (C=O) groups excluding carboxylic acids is 1. The van der Waals surface area contributed by atoms with Crippen LogP contribution in [0.5, 0.6) is 0 Å². The lowest BCUT2D eigenvalue weighted by Gasteiger charge is -2.35. The molecule has 1 fully saturated rings. The van der Waals surface area contributed by atoms with Crippen molar-refractivity contribution in [1.29, 1.82) is 0 Å². The van der Waals surface area contributed by atoms with Gasteiger partial charge in [-0.3, -0.25) is 4.79 Å². The molecule has 1 aromatic carbocycles. The fourth-order valence-corrected chi connectivity index (χ4v) is 2.61. The van der Waals surface area contributed by atoms with E-state index in [-0.39, 0.29) is 24.7 Å². The lowest BCUT2D eigenvalue weighted by Crippen LogP contribution is -2.48. The fourth-order valence-electron chi connectivity index (χ4n) is 2.61. The minimum Gasteiger partial charge on any atom is -0.372 e. The zero-order valence-corrected chi connectivity index (χ0v) is 12.8. The van der Waals surface area contributed by atoms with Gasteiger partial charge in [0.25, 0.3) is 5.91 Å². The van der Waals surface area contributed by atoms with E-state index in [2.05, 4.69) is 11.8 Å². The van der Waals surface area contributed by atoms with Crippen LogP contribution < -0.4 is 5.73 Å². The van der Waals surface area contributed by atoms with Crippen LogP contribution in [0.3, 0.4) is 0 Å². The van der Waals surface area contributed by atoms with Gasteiger partial charge >= 0.3 is 0 Å². The third-order valence-electron chi connectivity index (χ3n) is 3.44. The number of benzene rings is 1. The van der Waals surface area contributed by atoms with Crippen LogP contribution in [-0.4, -0.2) is 42.6 Å². The molecule has 0 aliphatic carbocycles. The van der Waals surface area contributed by atoms with Gasteiger partial charge in [-0.05, 0) is 38.5 Å². The molecule has 0 spiro atoms. The zero-order valence-electron chi connectivity index (χ0n) is 12.8. The molecule has 1 aliphatic rings. The van der Waals surface area contributed by atoms with Gasteiger partial charge in [-0.15, -0.1) is 0 Å². The summed E-state index contributed by atoms with van der Waals surface area (Å²) < 4.78 is 5.68. The minimum absolute atomic E-state index is 0.0123. The molecule has 2 rings (SSSR count). The summed E-state index contributed by atoms with van der Waals surface area (Å²) >= 11 is 0. The van der Waals surface area contributed by atoms with Crippen molar-refractivity contribution in [3.05, 3.63) is 34.9 Å². The Morgan fingerprint density at radius 1 is 1.38 bits per heavy atom. The molecule has 0 saturated carbocycles. The second-order valence-electron chi connectivity index (χ2n) is 5.52. The Hall–Kier alpha value is -1.83. The molecular formula is C17H22N2O2. The average molecular weight is 286 g/mol. The van der Waals surface area contributed by atoms with Crippen molar-refractivity contribution < 1.29 is 9.53 Å². The predicted octanol–water partition coefficient (Wildman–Crippen LogP) is 1.55. The zero-order chi connectivity index (χ0) is 15.4. The number of aryl methyl sites for hydroxylation is 1. The summed E-state index contributed by atoms with van der Waals surface area (Å²) in [6, 6.07) is 5.72. The van der Waals surface area contributed by atoms with Gasteiger partial charge in [-0.1, -0.05) is 17.9 Å². The maximum Gasteiger partial charge on any atom is 0.255 e. The van der Waals surface area contributed by atoms with Crippen molar-refractivity contribution in [1.82, 2.24) is 4.90 Å². The van der Waals surface area contributed by atoms with Gasteiger partial charge in [0.15, 0.2) is 0 Å². The van der Waals surface area contributed by atoms with Crippen LogP contribution in [0, 0.1) is 18.8 Å². The summed E-state index contributed by atoms with van der Waals surface area (Å²) in [5.74, 6) is 5.84. The van der Waals surface area contributed by atoms with E-state index >= 15 is 0 Å². The van der Waals surface area contributed by atoms with Gasteiger partial charge < -0.3 is 15.4 Å². The summed E-state index contributed by atoms with van der Waals surface area (Å²) in [4.78, 5) is 14.6. The first-order valence-corrected chi connectivity index (χ1v) is 7.25. The van der Waals surface area contributed by atoms with Crippen LogP contribution in [0.15, 0.2) is 18.2 Å². The standard InChI is InChI=1S/C17H22N2O2/c1-12-6-7-16(15(9-12)5-4-8-18)17(20)19-10-13(2)21-14(3)11-19/h6-7,9,13-14H,8,10-11,18H2,1-3H3/t13-,14+. The maximum absolute atomic E-state index is 12.8. The highest BCUT2D eigenvalue weighted by Gasteiger charge is 2.27. The van der Waals surface area contributed by atoms with Crippen molar-refractivity contribution >= 4 is 5.91 Å². The summed E-state index contributed by atoms with van der Waals surface area (Å²) in [6.45, 7) is 7.47. The Morgan fingerprint density at radius 2 is 2.05 bits per heavy atom. The van der Waals surface area contributed by atoms with Crippen molar-refractivity contribution in [3.63, 3.8) is 0 Å². The second kappa shape index (κ2) is 6.75. The number of hydrogen-bond acceptors (Lipinski definition) is 3. The van der Waals surface area contributed by atoms with E-state index in [9.17, 15) is 4.79 Å². The first-order valence-electron chi connectivity index (χ1n) is 7.25. The van der Waals surface area contributed by atoms with E-state index in [4.69, 9.17) is 10.5 Å². The molecule has 0 radical (unpaired) electrons. The SMILES string of the molecule is Cc1ccc(C(=O)N2C[C@@H](C)O[C@@H](C)C2)c(C#CCN)c1. The highest BCUT2D eigenvalue weighted by molar-refractivity contribution is 5.97. The number of morpholine rings is 1. The van der Waals surface area contributed by atoms with Crippen LogP contribution in [0.1, 0.15) is 35.3 Å². The molecule has 1 amide bonds. The van der Waals surface area contributed by atoms with Crippen LogP contribution in [0.2, 0.25) is 0 Å². The van der Waals surface area contributed by atoms with E-state index in [0.29, 0.717) is 18.7 Å². The third-order valence-corrected chi connectivity index (χ3v) is 3.44. The van der Waals surface area contributed by atoms with E-state index in [1.165, 1.54) is 0 Å². The van der Waals surface area contributed by atoms with Gasteiger partial charge in [-0.2, -0.15) is 0 Å². The molecule has 1 aliphatic heterocycles. The normalized spacial score (nSPS) is 21.6. The van der Waals surface area contributed by atoms with E-state index in [0.717, 1.165) is 11.1 Å².